The van der Waals surface area contributed by atoms with Gasteiger partial charge in [-0.25, -0.2) is 8.78 Å². The van der Waals surface area contributed by atoms with E-state index in [4.69, 9.17) is 9.47 Å². The molecule has 2 N–H and O–H groups in total. The first kappa shape index (κ1) is 23.6. The van der Waals surface area contributed by atoms with Crippen LogP contribution in [0.4, 0.5) is 8.78 Å². The predicted octanol–water partition coefficient (Wildman–Crippen LogP) is 5.43. The van der Waals surface area contributed by atoms with Crippen molar-refractivity contribution in [1.82, 2.24) is 5.32 Å². The van der Waals surface area contributed by atoms with Gasteiger partial charge in [-0.15, -0.1) is 0 Å². The molecular weight excluding hydrogens is 416 g/mol. The normalized spacial score (nSPS) is 17.0. The summed E-state index contributed by atoms with van der Waals surface area (Å²) in [6.45, 7) is 5.66. The number of benzene rings is 2. The van der Waals surface area contributed by atoms with E-state index in [0.29, 0.717) is 22.3 Å². The number of rotatable bonds is 8. The van der Waals surface area contributed by atoms with Crippen LogP contribution in [0.15, 0.2) is 35.9 Å². The van der Waals surface area contributed by atoms with Gasteiger partial charge in [0.15, 0.2) is 11.5 Å². The number of aromatic hydroxyl groups is 1. The third-order valence-corrected chi connectivity index (χ3v) is 6.09. The zero-order chi connectivity index (χ0) is 23.6. The zero-order valence-electron chi connectivity index (χ0n) is 19.0. The van der Waals surface area contributed by atoms with Crippen molar-refractivity contribution in [3.05, 3.63) is 58.4 Å². The van der Waals surface area contributed by atoms with E-state index in [1.54, 1.807) is 13.0 Å². The van der Waals surface area contributed by atoms with Crippen molar-refractivity contribution >= 4 is 11.5 Å². The summed E-state index contributed by atoms with van der Waals surface area (Å²) in [5.41, 5.74) is 2.72. The smallest absolute Gasteiger partial charge is 0.224 e. The molecule has 0 aromatic heterocycles. The molecule has 5 nitrogen and oxygen atoms in total. The summed E-state index contributed by atoms with van der Waals surface area (Å²) in [6.07, 6.45) is -0.704. The molecule has 0 aliphatic heterocycles. The van der Waals surface area contributed by atoms with Crippen molar-refractivity contribution in [3.8, 4) is 17.2 Å². The standard InChI is InChI=1S/C25H29F2NO4/c1-6-13(2)28-22(29)12-18-14(3)23(17-8-7-16(26)11-19(17)18)24(27)15-9-20(31-4)25(30)21(10-15)32-5/h7-11,13,23-24,30H,6,12H2,1-5H3,(H,28,29)/t13-,23?,24?/m0/s1. The molecule has 1 aliphatic rings. The van der Waals surface area contributed by atoms with E-state index in [9.17, 15) is 14.3 Å². The maximum Gasteiger partial charge on any atom is 0.224 e. The Bertz CT molecular complexity index is 1030. The lowest BCUT2D eigenvalue weighted by Gasteiger charge is -2.21. The number of carbonyl (C=O) groups excluding carboxylic acids is 1. The van der Waals surface area contributed by atoms with Crippen LogP contribution in [0.5, 0.6) is 17.2 Å². The summed E-state index contributed by atoms with van der Waals surface area (Å²) >= 11 is 0. The van der Waals surface area contributed by atoms with E-state index in [1.807, 2.05) is 13.8 Å². The predicted molar refractivity (Wildman–Crippen MR) is 119 cm³/mol. The summed E-state index contributed by atoms with van der Waals surface area (Å²) in [5.74, 6) is -1.37. The number of hydrogen-bond acceptors (Lipinski definition) is 4. The third kappa shape index (κ3) is 4.42. The molecule has 0 saturated carbocycles. The van der Waals surface area contributed by atoms with E-state index in [-0.39, 0.29) is 41.2 Å². The molecular formula is C25H29F2NO4. The molecule has 2 aromatic rings. The first-order chi connectivity index (χ1) is 15.2. The molecule has 0 fully saturated rings. The summed E-state index contributed by atoms with van der Waals surface area (Å²) in [6, 6.07) is 7.08. The molecule has 1 amide bonds. The number of fused-ring (bicyclic) bond motifs is 1. The molecule has 3 atom stereocenters. The molecule has 3 rings (SSSR count). The minimum absolute atomic E-state index is 0.0124. The Labute approximate surface area is 187 Å². The minimum Gasteiger partial charge on any atom is -0.502 e. The summed E-state index contributed by atoms with van der Waals surface area (Å²) in [5, 5.41) is 13.1. The van der Waals surface area contributed by atoms with Gasteiger partial charge in [-0.1, -0.05) is 18.6 Å². The van der Waals surface area contributed by atoms with Crippen molar-refractivity contribution < 1.29 is 28.2 Å². The van der Waals surface area contributed by atoms with Gasteiger partial charge >= 0.3 is 0 Å². The van der Waals surface area contributed by atoms with Crippen LogP contribution in [0.2, 0.25) is 0 Å². The Hall–Kier alpha value is -3.09. The monoisotopic (exact) mass is 445 g/mol. The zero-order valence-corrected chi connectivity index (χ0v) is 19.0. The van der Waals surface area contributed by atoms with E-state index in [2.05, 4.69) is 5.32 Å². The molecule has 32 heavy (non-hydrogen) atoms. The number of hydrogen-bond donors (Lipinski definition) is 2. The average Bonchev–Trinajstić information content (AvgIpc) is 3.03. The van der Waals surface area contributed by atoms with Gasteiger partial charge in [-0.05, 0) is 66.8 Å². The van der Waals surface area contributed by atoms with Gasteiger partial charge in [-0.2, -0.15) is 0 Å². The molecule has 0 saturated heterocycles. The van der Waals surface area contributed by atoms with E-state index >= 15 is 4.39 Å². The van der Waals surface area contributed by atoms with E-state index in [1.165, 1.54) is 38.5 Å². The number of nitrogens with one attached hydrogen (secondary N) is 1. The van der Waals surface area contributed by atoms with Gasteiger partial charge in [0.25, 0.3) is 0 Å². The van der Waals surface area contributed by atoms with Crippen LogP contribution in [-0.2, 0) is 4.79 Å². The van der Waals surface area contributed by atoms with Gasteiger partial charge in [-0.3, -0.25) is 4.79 Å². The van der Waals surface area contributed by atoms with Crippen LogP contribution in [0.3, 0.4) is 0 Å². The molecule has 2 unspecified atom stereocenters. The second kappa shape index (κ2) is 9.59. The van der Waals surface area contributed by atoms with Crippen LogP contribution in [-0.4, -0.2) is 31.3 Å². The number of ether oxygens (including phenoxy) is 2. The molecule has 172 valence electrons. The number of alkyl halides is 1. The van der Waals surface area contributed by atoms with Crippen LogP contribution >= 0.6 is 0 Å². The van der Waals surface area contributed by atoms with Crippen molar-refractivity contribution in [2.75, 3.05) is 14.2 Å². The Morgan fingerprint density at radius 2 is 1.81 bits per heavy atom. The number of amides is 1. The highest BCUT2D eigenvalue weighted by atomic mass is 19.1. The van der Waals surface area contributed by atoms with Crippen molar-refractivity contribution in [2.45, 2.75) is 51.7 Å². The summed E-state index contributed by atoms with van der Waals surface area (Å²) in [7, 11) is 2.75. The average molecular weight is 446 g/mol. The van der Waals surface area contributed by atoms with Crippen LogP contribution in [0.1, 0.15) is 62.4 Å². The maximum atomic E-state index is 16.0. The van der Waals surface area contributed by atoms with Crippen LogP contribution < -0.4 is 14.8 Å². The highest BCUT2D eigenvalue weighted by Gasteiger charge is 2.37. The summed E-state index contributed by atoms with van der Waals surface area (Å²) < 4.78 is 40.4. The fraction of sp³-hybridized carbons (Fsp3) is 0.400. The number of allylic oxidation sites excluding steroid dienone is 1. The number of phenolic OH excluding ortho intramolecular Hbond substituents is 1. The van der Waals surface area contributed by atoms with Gasteiger partial charge in [0, 0.05) is 12.0 Å². The molecule has 0 radical (unpaired) electrons. The Morgan fingerprint density at radius 3 is 2.38 bits per heavy atom. The number of phenols is 1. The molecule has 2 aromatic carbocycles. The lowest BCUT2D eigenvalue weighted by molar-refractivity contribution is -0.120. The maximum absolute atomic E-state index is 16.0. The SMILES string of the molecule is CC[C@H](C)NC(=O)CC1=C(C)C(C(F)c2cc(OC)c(O)c(OC)c2)c2ccc(F)cc21. The van der Waals surface area contributed by atoms with Gasteiger partial charge in [0.2, 0.25) is 11.7 Å². The van der Waals surface area contributed by atoms with Crippen molar-refractivity contribution in [2.24, 2.45) is 0 Å². The van der Waals surface area contributed by atoms with Crippen LogP contribution in [0.25, 0.3) is 5.57 Å². The molecule has 7 heteroatoms. The molecule has 1 aliphatic carbocycles. The van der Waals surface area contributed by atoms with Gasteiger partial charge in [0.05, 0.1) is 20.6 Å². The second-order valence-electron chi connectivity index (χ2n) is 8.10. The number of halogens is 2. The second-order valence-corrected chi connectivity index (χ2v) is 8.10. The van der Waals surface area contributed by atoms with Gasteiger partial charge < -0.3 is 19.9 Å². The van der Waals surface area contributed by atoms with E-state index in [0.717, 1.165) is 6.42 Å². The van der Waals surface area contributed by atoms with Crippen molar-refractivity contribution in [1.29, 1.82) is 0 Å². The summed E-state index contributed by atoms with van der Waals surface area (Å²) in [4.78, 5) is 12.6. The Morgan fingerprint density at radius 1 is 1.19 bits per heavy atom. The first-order valence-corrected chi connectivity index (χ1v) is 10.6. The third-order valence-electron chi connectivity index (χ3n) is 6.09. The van der Waals surface area contributed by atoms with Gasteiger partial charge in [0.1, 0.15) is 12.0 Å². The first-order valence-electron chi connectivity index (χ1n) is 10.6. The largest absolute Gasteiger partial charge is 0.502 e. The van der Waals surface area contributed by atoms with Crippen LogP contribution in [0, 0.1) is 5.82 Å². The lowest BCUT2D eigenvalue weighted by Crippen LogP contribution is -2.31. The fourth-order valence-electron chi connectivity index (χ4n) is 4.16. The fourth-order valence-corrected chi connectivity index (χ4v) is 4.16. The highest BCUT2D eigenvalue weighted by Crippen LogP contribution is 2.52. The molecule has 0 heterocycles. The number of methoxy groups -OCH3 is 2. The number of carbonyl (C=O) groups is 1. The highest BCUT2D eigenvalue weighted by molar-refractivity contribution is 5.93. The Balaban J connectivity index is 2.04. The topological polar surface area (TPSA) is 67.8 Å². The quantitative estimate of drug-likeness (QED) is 0.568. The molecule has 0 bridgehead atoms. The Kier molecular flexibility index (Phi) is 7.06. The van der Waals surface area contributed by atoms with E-state index < -0.39 is 17.9 Å². The van der Waals surface area contributed by atoms with Crippen molar-refractivity contribution in [3.63, 3.8) is 0 Å². The minimum atomic E-state index is -1.53. The molecule has 0 spiro atoms. The lowest BCUT2D eigenvalue weighted by atomic mass is 9.87.